The number of benzene rings is 2. The fraction of sp³-hybridized carbons (Fsp3) is 0.286. The van der Waals surface area contributed by atoms with Crippen LogP contribution in [0.15, 0.2) is 62.6 Å². The van der Waals surface area contributed by atoms with Crippen molar-refractivity contribution in [3.63, 3.8) is 0 Å². The number of carbonyl (C=O) groups excluding carboxylic acids is 1. The van der Waals surface area contributed by atoms with Gasteiger partial charge in [-0.3, -0.25) is 4.79 Å². The molecule has 7 heteroatoms. The molecule has 1 N–H and O–H groups in total. The number of hydrogen-bond acceptors (Lipinski definition) is 5. The number of nitrogens with zero attached hydrogens (tertiary/aromatic N) is 2. The van der Waals surface area contributed by atoms with Crippen molar-refractivity contribution in [3.05, 3.63) is 58.6 Å². The van der Waals surface area contributed by atoms with Crippen molar-refractivity contribution in [3.8, 4) is 11.5 Å². The lowest BCUT2D eigenvalue weighted by Crippen LogP contribution is -2.23. The van der Waals surface area contributed by atoms with Crippen LogP contribution in [0.4, 0.5) is 5.69 Å². The van der Waals surface area contributed by atoms with E-state index in [1.54, 1.807) is 0 Å². The lowest BCUT2D eigenvalue weighted by molar-refractivity contribution is -0.115. The average Bonchev–Trinajstić information content (AvgIpc) is 3.16. The van der Waals surface area contributed by atoms with E-state index in [-0.39, 0.29) is 11.2 Å². The predicted octanol–water partition coefficient (Wildman–Crippen LogP) is 6.13. The number of para-hydroxylation sites is 1. The molecule has 2 atom stereocenters. The number of anilines is 1. The van der Waals surface area contributed by atoms with Gasteiger partial charge in [0.2, 0.25) is 11.8 Å². The summed E-state index contributed by atoms with van der Waals surface area (Å²) in [4.78, 5) is 12.7. The summed E-state index contributed by atoms with van der Waals surface area (Å²) in [6.07, 6.45) is 1.01. The number of hydrogen-bond donors (Lipinski definition) is 1. The highest BCUT2D eigenvalue weighted by Gasteiger charge is 2.20. The molecule has 3 rings (SSSR count). The highest BCUT2D eigenvalue weighted by molar-refractivity contribution is 9.10. The fourth-order valence-electron chi connectivity index (χ4n) is 2.67. The molecule has 0 aliphatic heterocycles. The van der Waals surface area contributed by atoms with E-state index >= 15 is 0 Å². The van der Waals surface area contributed by atoms with E-state index < -0.39 is 0 Å². The number of rotatable bonds is 7. The lowest BCUT2D eigenvalue weighted by Gasteiger charge is -2.17. The molecule has 28 heavy (non-hydrogen) atoms. The van der Waals surface area contributed by atoms with Crippen molar-refractivity contribution in [1.29, 1.82) is 0 Å². The second kappa shape index (κ2) is 9.39. The van der Waals surface area contributed by atoms with Crippen LogP contribution in [0.5, 0.6) is 0 Å². The van der Waals surface area contributed by atoms with Gasteiger partial charge in [-0.25, -0.2) is 0 Å². The summed E-state index contributed by atoms with van der Waals surface area (Å²) in [5.41, 5.74) is 2.84. The Morgan fingerprint density at radius 2 is 1.86 bits per heavy atom. The molecule has 0 aliphatic carbocycles. The molecular formula is C21H22BrN3O2S. The van der Waals surface area contributed by atoms with Crippen LogP contribution in [0, 0.1) is 0 Å². The van der Waals surface area contributed by atoms with Crippen molar-refractivity contribution in [1.82, 2.24) is 10.2 Å². The minimum absolute atomic E-state index is 0.0934. The van der Waals surface area contributed by atoms with Gasteiger partial charge in [0, 0.05) is 15.7 Å². The maximum Gasteiger partial charge on any atom is 0.277 e. The quantitative estimate of drug-likeness (QED) is 0.430. The summed E-state index contributed by atoms with van der Waals surface area (Å²) in [5, 5.41) is 11.2. The van der Waals surface area contributed by atoms with Crippen molar-refractivity contribution in [2.75, 3.05) is 5.32 Å². The third kappa shape index (κ3) is 5.02. The molecule has 0 saturated heterocycles. The first-order valence-corrected chi connectivity index (χ1v) is 10.8. The summed E-state index contributed by atoms with van der Waals surface area (Å²) in [6, 6.07) is 15.6. The predicted molar refractivity (Wildman–Crippen MR) is 117 cm³/mol. The third-order valence-corrected chi connectivity index (χ3v) is 5.97. The van der Waals surface area contributed by atoms with Gasteiger partial charge in [0.05, 0.1) is 5.25 Å². The molecule has 0 aliphatic rings. The first-order chi connectivity index (χ1) is 13.5. The van der Waals surface area contributed by atoms with E-state index in [0.29, 0.717) is 17.0 Å². The minimum Gasteiger partial charge on any atom is -0.411 e. The molecule has 0 radical (unpaired) electrons. The van der Waals surface area contributed by atoms with Crippen molar-refractivity contribution >= 4 is 39.3 Å². The van der Waals surface area contributed by atoms with E-state index in [4.69, 9.17) is 4.42 Å². The molecule has 0 saturated carbocycles. The van der Waals surface area contributed by atoms with Crippen LogP contribution >= 0.6 is 27.7 Å². The lowest BCUT2D eigenvalue weighted by atomic mass is 9.97. The summed E-state index contributed by atoms with van der Waals surface area (Å²) in [7, 11) is 0. The molecule has 0 bridgehead atoms. The average molecular weight is 460 g/mol. The SMILES string of the molecule is CCC(C)c1ccccc1NC(=O)C(C)Sc1nnc(-c2ccc(Br)cc2)o1. The largest absolute Gasteiger partial charge is 0.411 e. The fourth-order valence-corrected chi connectivity index (χ4v) is 3.61. The van der Waals surface area contributed by atoms with Gasteiger partial charge in [-0.1, -0.05) is 59.7 Å². The van der Waals surface area contributed by atoms with Crippen molar-refractivity contribution < 1.29 is 9.21 Å². The zero-order valence-electron chi connectivity index (χ0n) is 16.0. The van der Waals surface area contributed by atoms with Crippen LogP contribution in [0.2, 0.25) is 0 Å². The molecule has 1 aromatic heterocycles. The van der Waals surface area contributed by atoms with Gasteiger partial charge < -0.3 is 9.73 Å². The number of aromatic nitrogens is 2. The second-order valence-corrected chi connectivity index (χ2v) is 8.73. The van der Waals surface area contributed by atoms with Crippen LogP contribution in [0.3, 0.4) is 0 Å². The molecule has 146 valence electrons. The first-order valence-electron chi connectivity index (χ1n) is 9.13. The topological polar surface area (TPSA) is 68.0 Å². The summed E-state index contributed by atoms with van der Waals surface area (Å²) in [5.74, 6) is 0.720. The zero-order chi connectivity index (χ0) is 20.1. The number of halogens is 1. The molecule has 3 aromatic rings. The summed E-state index contributed by atoms with van der Waals surface area (Å²) >= 11 is 4.65. The highest BCUT2D eigenvalue weighted by Crippen LogP contribution is 2.29. The van der Waals surface area contributed by atoms with Crippen LogP contribution in [-0.2, 0) is 4.79 Å². The Morgan fingerprint density at radius 3 is 2.57 bits per heavy atom. The molecule has 2 unspecified atom stereocenters. The Bertz CT molecular complexity index is 943. The van der Waals surface area contributed by atoms with Crippen LogP contribution < -0.4 is 5.32 Å². The van der Waals surface area contributed by atoms with Gasteiger partial charge in [0.15, 0.2) is 0 Å². The third-order valence-electron chi connectivity index (χ3n) is 4.51. The summed E-state index contributed by atoms with van der Waals surface area (Å²) < 4.78 is 6.69. The van der Waals surface area contributed by atoms with E-state index in [1.807, 2.05) is 49.4 Å². The maximum atomic E-state index is 12.7. The molecule has 1 heterocycles. The Balaban J connectivity index is 1.66. The molecule has 1 amide bonds. The number of thioether (sulfide) groups is 1. The smallest absolute Gasteiger partial charge is 0.277 e. The van der Waals surface area contributed by atoms with E-state index in [9.17, 15) is 4.79 Å². The van der Waals surface area contributed by atoms with E-state index in [1.165, 1.54) is 11.8 Å². The van der Waals surface area contributed by atoms with Crippen LogP contribution in [-0.4, -0.2) is 21.4 Å². The van der Waals surface area contributed by atoms with Gasteiger partial charge in [-0.05, 0) is 55.2 Å². The number of nitrogens with one attached hydrogen (secondary N) is 1. The van der Waals surface area contributed by atoms with Gasteiger partial charge in [-0.15, -0.1) is 10.2 Å². The Kier molecular flexibility index (Phi) is 6.91. The van der Waals surface area contributed by atoms with E-state index in [0.717, 1.165) is 27.7 Å². The van der Waals surface area contributed by atoms with Gasteiger partial charge in [0.25, 0.3) is 5.22 Å². The van der Waals surface area contributed by atoms with Crippen molar-refractivity contribution in [2.24, 2.45) is 0 Å². The standard InChI is InChI=1S/C21H22BrN3O2S/c1-4-13(2)17-7-5-6-8-18(17)23-19(26)14(3)28-21-25-24-20(27-21)15-9-11-16(22)12-10-15/h5-14H,4H2,1-3H3,(H,23,26). The molecule has 2 aromatic carbocycles. The van der Waals surface area contributed by atoms with Crippen LogP contribution in [0.25, 0.3) is 11.5 Å². The first kappa shape index (κ1) is 20.6. The summed E-state index contributed by atoms with van der Waals surface area (Å²) in [6.45, 7) is 6.13. The van der Waals surface area contributed by atoms with Crippen LogP contribution in [0.1, 0.15) is 38.7 Å². The molecule has 0 fully saturated rings. The monoisotopic (exact) mass is 459 g/mol. The normalized spacial score (nSPS) is 13.1. The van der Waals surface area contributed by atoms with Gasteiger partial charge >= 0.3 is 0 Å². The number of carbonyl (C=O) groups is 1. The Hall–Kier alpha value is -2.12. The van der Waals surface area contributed by atoms with Gasteiger partial charge in [-0.2, -0.15) is 0 Å². The minimum atomic E-state index is -0.372. The van der Waals surface area contributed by atoms with Gasteiger partial charge in [0.1, 0.15) is 0 Å². The highest BCUT2D eigenvalue weighted by atomic mass is 79.9. The Labute approximate surface area is 177 Å². The van der Waals surface area contributed by atoms with Crippen molar-refractivity contribution in [2.45, 2.75) is 43.6 Å². The Morgan fingerprint density at radius 1 is 1.14 bits per heavy atom. The second-order valence-electron chi connectivity index (χ2n) is 6.53. The molecular weight excluding hydrogens is 438 g/mol. The number of amides is 1. The molecule has 5 nitrogen and oxygen atoms in total. The molecule has 0 spiro atoms. The maximum absolute atomic E-state index is 12.7. The zero-order valence-corrected chi connectivity index (χ0v) is 18.4. The van der Waals surface area contributed by atoms with E-state index in [2.05, 4.69) is 51.4 Å².